The third-order valence-corrected chi connectivity index (χ3v) is 3.99. The van der Waals surface area contributed by atoms with Gasteiger partial charge < -0.3 is 5.32 Å². The number of hydrogen-bond donors (Lipinski definition) is 1. The fraction of sp³-hybridized carbons (Fsp3) is 0.625. The van der Waals surface area contributed by atoms with Crippen LogP contribution < -0.4 is 5.32 Å². The zero-order valence-corrected chi connectivity index (χ0v) is 11.3. The zero-order chi connectivity index (χ0) is 12.1. The molecule has 94 valence electrons. The Bertz CT molecular complexity index is 351. The summed E-state index contributed by atoms with van der Waals surface area (Å²) in [6.07, 6.45) is 8.61. The lowest BCUT2D eigenvalue weighted by molar-refractivity contribution is 0.345. The minimum absolute atomic E-state index is 0.973. The molecule has 0 amide bonds. The predicted molar refractivity (Wildman–Crippen MR) is 75.6 cm³/mol. The molecule has 1 aliphatic rings. The van der Waals surface area contributed by atoms with Crippen LogP contribution >= 0.6 is 0 Å². The van der Waals surface area contributed by atoms with Crippen molar-refractivity contribution in [1.29, 1.82) is 0 Å². The van der Waals surface area contributed by atoms with E-state index in [4.69, 9.17) is 0 Å². The maximum atomic E-state index is 3.60. The molecule has 0 saturated heterocycles. The molecule has 1 fully saturated rings. The van der Waals surface area contributed by atoms with Gasteiger partial charge in [-0.2, -0.15) is 0 Å². The number of aryl methyl sites for hydroxylation is 2. The summed E-state index contributed by atoms with van der Waals surface area (Å²) in [4.78, 5) is 0. The van der Waals surface area contributed by atoms with Gasteiger partial charge >= 0.3 is 0 Å². The molecule has 0 spiro atoms. The van der Waals surface area contributed by atoms with Gasteiger partial charge in [0.2, 0.25) is 0 Å². The van der Waals surface area contributed by atoms with Gasteiger partial charge in [0.25, 0.3) is 0 Å². The smallest absolute Gasteiger partial charge is 0.0372 e. The van der Waals surface area contributed by atoms with Crippen LogP contribution in [0.3, 0.4) is 0 Å². The number of benzene rings is 1. The molecule has 17 heavy (non-hydrogen) atoms. The van der Waals surface area contributed by atoms with Crippen LogP contribution in [-0.4, -0.2) is 6.54 Å². The van der Waals surface area contributed by atoms with Gasteiger partial charge in [-0.05, 0) is 43.4 Å². The Morgan fingerprint density at radius 2 is 1.88 bits per heavy atom. The van der Waals surface area contributed by atoms with E-state index < -0.39 is 0 Å². The number of nitrogens with one attached hydrogen (secondary N) is 1. The van der Waals surface area contributed by atoms with Gasteiger partial charge in [0.15, 0.2) is 0 Å². The summed E-state index contributed by atoms with van der Waals surface area (Å²) in [5, 5.41) is 3.60. The van der Waals surface area contributed by atoms with Gasteiger partial charge in [-0.15, -0.1) is 0 Å². The minimum atomic E-state index is 0.973. The average Bonchev–Trinajstić information content (AvgIpc) is 2.35. The van der Waals surface area contributed by atoms with Crippen molar-refractivity contribution in [3.63, 3.8) is 0 Å². The molecule has 0 aliphatic heterocycles. The highest BCUT2D eigenvalue weighted by atomic mass is 14.9. The Kier molecular flexibility index (Phi) is 4.47. The highest BCUT2D eigenvalue weighted by Crippen LogP contribution is 2.26. The van der Waals surface area contributed by atoms with Crippen LogP contribution in [0.2, 0.25) is 0 Å². The van der Waals surface area contributed by atoms with E-state index in [0.717, 1.165) is 12.5 Å². The first-order valence-corrected chi connectivity index (χ1v) is 7.07. The third kappa shape index (κ3) is 3.76. The van der Waals surface area contributed by atoms with Crippen LogP contribution in [0.5, 0.6) is 0 Å². The van der Waals surface area contributed by atoms with Crippen LogP contribution in [0.4, 0.5) is 5.69 Å². The van der Waals surface area contributed by atoms with Crippen LogP contribution in [0.25, 0.3) is 0 Å². The molecule has 0 unspecified atom stereocenters. The van der Waals surface area contributed by atoms with E-state index in [1.807, 2.05) is 0 Å². The quantitative estimate of drug-likeness (QED) is 0.793. The van der Waals surface area contributed by atoms with Crippen LogP contribution in [0.1, 0.15) is 49.7 Å². The summed E-state index contributed by atoms with van der Waals surface area (Å²) >= 11 is 0. The molecule has 0 radical (unpaired) electrons. The van der Waals surface area contributed by atoms with Crippen molar-refractivity contribution < 1.29 is 0 Å². The van der Waals surface area contributed by atoms with Crippen molar-refractivity contribution in [2.24, 2.45) is 5.92 Å². The van der Waals surface area contributed by atoms with Crippen molar-refractivity contribution >= 4 is 5.69 Å². The molecule has 2 rings (SSSR count). The Balaban J connectivity index is 1.79. The number of anilines is 1. The Hall–Kier alpha value is -0.980. The summed E-state index contributed by atoms with van der Waals surface area (Å²) in [5.74, 6) is 0.973. The summed E-state index contributed by atoms with van der Waals surface area (Å²) in [6.45, 7) is 5.48. The Labute approximate surface area is 106 Å². The first kappa shape index (κ1) is 12.5. The molecule has 1 aliphatic carbocycles. The van der Waals surface area contributed by atoms with E-state index in [1.54, 1.807) is 0 Å². The molecule has 1 heteroatoms. The van der Waals surface area contributed by atoms with Crippen molar-refractivity contribution in [3.8, 4) is 0 Å². The first-order valence-electron chi connectivity index (χ1n) is 7.07. The standard InChI is InChI=1S/C16H25N/c1-13-8-9-14(2)16(12-13)17-11-10-15-6-4-3-5-7-15/h8-9,12,15,17H,3-7,10-11H2,1-2H3. The monoisotopic (exact) mass is 231 g/mol. The summed E-state index contributed by atoms with van der Waals surface area (Å²) in [6, 6.07) is 6.65. The van der Waals surface area contributed by atoms with E-state index in [0.29, 0.717) is 0 Å². The lowest BCUT2D eigenvalue weighted by Crippen LogP contribution is -2.12. The van der Waals surface area contributed by atoms with Crippen molar-refractivity contribution in [1.82, 2.24) is 0 Å². The molecule has 1 nitrogen and oxygen atoms in total. The highest BCUT2D eigenvalue weighted by molar-refractivity contribution is 5.52. The normalized spacial score (nSPS) is 17.1. The van der Waals surface area contributed by atoms with Gasteiger partial charge in [0.1, 0.15) is 0 Å². The summed E-state index contributed by atoms with van der Waals surface area (Å²) in [7, 11) is 0. The fourth-order valence-electron chi connectivity index (χ4n) is 2.81. The molecule has 1 saturated carbocycles. The second-order valence-corrected chi connectivity index (χ2v) is 5.54. The molecule has 1 aromatic rings. The molecule has 0 heterocycles. The molecule has 1 aromatic carbocycles. The van der Waals surface area contributed by atoms with Crippen molar-refractivity contribution in [3.05, 3.63) is 29.3 Å². The maximum absolute atomic E-state index is 3.60. The summed E-state index contributed by atoms with van der Waals surface area (Å²) < 4.78 is 0. The minimum Gasteiger partial charge on any atom is -0.385 e. The third-order valence-electron chi connectivity index (χ3n) is 3.99. The maximum Gasteiger partial charge on any atom is 0.0372 e. The molecule has 0 aromatic heterocycles. The molecule has 0 atom stereocenters. The predicted octanol–water partition coefficient (Wildman–Crippen LogP) is 4.69. The van der Waals surface area contributed by atoms with Crippen molar-refractivity contribution in [2.45, 2.75) is 52.4 Å². The van der Waals surface area contributed by atoms with E-state index in [2.05, 4.69) is 37.4 Å². The van der Waals surface area contributed by atoms with Gasteiger partial charge in [-0.1, -0.05) is 44.2 Å². The largest absolute Gasteiger partial charge is 0.385 e. The lowest BCUT2D eigenvalue weighted by atomic mass is 9.87. The van der Waals surface area contributed by atoms with E-state index in [-0.39, 0.29) is 0 Å². The Morgan fingerprint density at radius 3 is 2.65 bits per heavy atom. The zero-order valence-electron chi connectivity index (χ0n) is 11.3. The molecule has 0 bridgehead atoms. The first-order chi connectivity index (χ1) is 8.25. The van der Waals surface area contributed by atoms with Crippen LogP contribution in [-0.2, 0) is 0 Å². The highest BCUT2D eigenvalue weighted by Gasteiger charge is 2.12. The second-order valence-electron chi connectivity index (χ2n) is 5.54. The topological polar surface area (TPSA) is 12.0 Å². The van der Waals surface area contributed by atoms with Gasteiger partial charge in [-0.3, -0.25) is 0 Å². The Morgan fingerprint density at radius 1 is 1.12 bits per heavy atom. The van der Waals surface area contributed by atoms with Crippen LogP contribution in [0.15, 0.2) is 18.2 Å². The van der Waals surface area contributed by atoms with Crippen molar-refractivity contribution in [2.75, 3.05) is 11.9 Å². The SMILES string of the molecule is Cc1ccc(C)c(NCCC2CCCCC2)c1. The van der Waals surface area contributed by atoms with Crippen LogP contribution in [0, 0.1) is 19.8 Å². The molecular formula is C16H25N. The number of hydrogen-bond acceptors (Lipinski definition) is 1. The van der Waals surface area contributed by atoms with Gasteiger partial charge in [-0.25, -0.2) is 0 Å². The van der Waals surface area contributed by atoms with E-state index in [9.17, 15) is 0 Å². The summed E-state index contributed by atoms with van der Waals surface area (Å²) in [5.41, 5.74) is 4.02. The average molecular weight is 231 g/mol. The molecule has 1 N–H and O–H groups in total. The lowest BCUT2D eigenvalue weighted by Gasteiger charge is -2.22. The van der Waals surface area contributed by atoms with E-state index in [1.165, 1.54) is 55.3 Å². The number of rotatable bonds is 4. The van der Waals surface area contributed by atoms with Gasteiger partial charge in [0, 0.05) is 12.2 Å². The van der Waals surface area contributed by atoms with Gasteiger partial charge in [0.05, 0.1) is 0 Å². The second kappa shape index (κ2) is 6.09. The molecular weight excluding hydrogens is 206 g/mol. The fourth-order valence-corrected chi connectivity index (χ4v) is 2.81. The van der Waals surface area contributed by atoms with E-state index >= 15 is 0 Å².